The van der Waals surface area contributed by atoms with Crippen molar-refractivity contribution in [3.05, 3.63) is 12.7 Å². The van der Waals surface area contributed by atoms with E-state index in [4.69, 9.17) is 10.5 Å². The Bertz CT molecular complexity index is 624. The second-order valence-corrected chi connectivity index (χ2v) is 5.45. The minimum absolute atomic E-state index is 0.225. The molecule has 2 aromatic heterocycles. The Labute approximate surface area is 118 Å². The standard InChI is InChI=1S/C11H14FN5O2S/c1-20-2-5-8(18)6(12)11(19-5)17-4-16-7-9(13)14-3-15-10(7)17/h3-6,8,11,18H,2H2,1H3,(H2,13,14,15)/t5-,6-,8-,11-/m1/s1. The van der Waals surface area contributed by atoms with Crippen molar-refractivity contribution in [2.75, 3.05) is 17.7 Å². The van der Waals surface area contributed by atoms with Gasteiger partial charge in [-0.05, 0) is 6.26 Å². The average Bonchev–Trinajstić information content (AvgIpc) is 2.97. The van der Waals surface area contributed by atoms with Gasteiger partial charge in [0.15, 0.2) is 23.9 Å². The van der Waals surface area contributed by atoms with Crippen LogP contribution >= 0.6 is 11.8 Å². The Morgan fingerprint density at radius 3 is 3.05 bits per heavy atom. The van der Waals surface area contributed by atoms with E-state index in [-0.39, 0.29) is 5.82 Å². The Morgan fingerprint density at radius 1 is 1.50 bits per heavy atom. The maximum atomic E-state index is 14.2. The van der Waals surface area contributed by atoms with Crippen LogP contribution in [0.25, 0.3) is 11.2 Å². The summed E-state index contributed by atoms with van der Waals surface area (Å²) in [5.74, 6) is 0.741. The number of anilines is 1. The molecule has 3 heterocycles. The molecular formula is C11H14FN5O2S. The number of nitrogens with two attached hydrogens (primary N) is 1. The number of thioether (sulfide) groups is 1. The van der Waals surface area contributed by atoms with Gasteiger partial charge in [0, 0.05) is 5.75 Å². The fourth-order valence-electron chi connectivity index (χ4n) is 2.29. The summed E-state index contributed by atoms with van der Waals surface area (Å²) in [5.41, 5.74) is 6.48. The lowest BCUT2D eigenvalue weighted by Gasteiger charge is -2.15. The molecule has 2 aromatic rings. The highest BCUT2D eigenvalue weighted by Gasteiger charge is 2.45. The molecule has 0 aliphatic carbocycles. The number of alkyl halides is 1. The molecule has 0 spiro atoms. The van der Waals surface area contributed by atoms with E-state index in [0.29, 0.717) is 16.9 Å². The van der Waals surface area contributed by atoms with E-state index in [2.05, 4.69) is 15.0 Å². The summed E-state index contributed by atoms with van der Waals surface area (Å²) in [7, 11) is 0. The number of imidazole rings is 1. The first-order valence-electron chi connectivity index (χ1n) is 6.03. The first kappa shape index (κ1) is 13.5. The van der Waals surface area contributed by atoms with Crippen molar-refractivity contribution in [2.24, 2.45) is 0 Å². The summed E-state index contributed by atoms with van der Waals surface area (Å²) in [6, 6.07) is 0. The largest absolute Gasteiger partial charge is 0.387 e. The number of rotatable bonds is 3. The number of aromatic nitrogens is 4. The zero-order valence-corrected chi connectivity index (χ0v) is 11.5. The summed E-state index contributed by atoms with van der Waals surface area (Å²) in [5, 5.41) is 9.88. The van der Waals surface area contributed by atoms with Gasteiger partial charge in [-0.1, -0.05) is 0 Å². The molecular weight excluding hydrogens is 285 g/mol. The van der Waals surface area contributed by atoms with E-state index < -0.39 is 24.6 Å². The summed E-state index contributed by atoms with van der Waals surface area (Å²) < 4.78 is 21.3. The fraction of sp³-hybridized carbons (Fsp3) is 0.545. The zero-order valence-electron chi connectivity index (χ0n) is 10.7. The molecule has 3 rings (SSSR count). The smallest absolute Gasteiger partial charge is 0.173 e. The van der Waals surface area contributed by atoms with Gasteiger partial charge in [-0.2, -0.15) is 11.8 Å². The van der Waals surface area contributed by atoms with E-state index in [1.807, 2.05) is 6.26 Å². The first-order valence-corrected chi connectivity index (χ1v) is 7.42. The zero-order chi connectivity index (χ0) is 14.3. The molecule has 0 aromatic carbocycles. The number of fused-ring (bicyclic) bond motifs is 1. The van der Waals surface area contributed by atoms with Crippen molar-refractivity contribution in [1.82, 2.24) is 19.5 Å². The van der Waals surface area contributed by atoms with Gasteiger partial charge in [0.2, 0.25) is 0 Å². The average molecular weight is 299 g/mol. The van der Waals surface area contributed by atoms with Crippen molar-refractivity contribution in [2.45, 2.75) is 24.6 Å². The highest BCUT2D eigenvalue weighted by Crippen LogP contribution is 2.34. The number of aliphatic hydroxyl groups excluding tert-OH is 1. The van der Waals surface area contributed by atoms with Gasteiger partial charge in [-0.15, -0.1) is 0 Å². The van der Waals surface area contributed by atoms with Gasteiger partial charge in [-0.3, -0.25) is 4.57 Å². The third kappa shape index (κ3) is 2.02. The number of nitrogens with zero attached hydrogens (tertiary/aromatic N) is 4. The molecule has 1 aliphatic rings. The Hall–Kier alpha value is -1.45. The number of hydrogen-bond donors (Lipinski definition) is 2. The fourth-order valence-corrected chi connectivity index (χ4v) is 2.89. The normalized spacial score (nSPS) is 30.1. The molecule has 0 unspecified atom stereocenters. The minimum atomic E-state index is -1.54. The van der Waals surface area contributed by atoms with Crippen LogP contribution in [-0.4, -0.2) is 55.0 Å². The summed E-state index contributed by atoms with van der Waals surface area (Å²) >= 11 is 1.49. The summed E-state index contributed by atoms with van der Waals surface area (Å²) in [6.45, 7) is 0. The third-order valence-electron chi connectivity index (χ3n) is 3.29. The topological polar surface area (TPSA) is 99.1 Å². The molecule has 3 N–H and O–H groups in total. The van der Waals surface area contributed by atoms with Crippen LogP contribution in [0.2, 0.25) is 0 Å². The lowest BCUT2D eigenvalue weighted by Crippen LogP contribution is -2.29. The molecule has 0 bridgehead atoms. The highest BCUT2D eigenvalue weighted by molar-refractivity contribution is 7.98. The summed E-state index contributed by atoms with van der Waals surface area (Å²) in [6.07, 6.45) is 0.347. The van der Waals surface area contributed by atoms with Crippen molar-refractivity contribution in [1.29, 1.82) is 0 Å². The SMILES string of the molecule is CSC[C@H]1O[C@@H](n2cnc3c(N)ncnc32)[C@H](F)[C@@H]1O. The Kier molecular flexibility index (Phi) is 3.48. The maximum Gasteiger partial charge on any atom is 0.173 e. The van der Waals surface area contributed by atoms with Crippen molar-refractivity contribution < 1.29 is 14.2 Å². The quantitative estimate of drug-likeness (QED) is 0.844. The molecule has 1 aliphatic heterocycles. The minimum Gasteiger partial charge on any atom is -0.387 e. The van der Waals surface area contributed by atoms with Gasteiger partial charge in [0.05, 0.1) is 12.4 Å². The lowest BCUT2D eigenvalue weighted by molar-refractivity contribution is -0.0116. The van der Waals surface area contributed by atoms with Crippen molar-refractivity contribution in [3.8, 4) is 0 Å². The number of nitrogen functional groups attached to an aromatic ring is 1. The van der Waals surface area contributed by atoms with E-state index >= 15 is 0 Å². The molecule has 1 fully saturated rings. The molecule has 0 amide bonds. The molecule has 7 nitrogen and oxygen atoms in total. The number of ether oxygens (including phenoxy) is 1. The van der Waals surface area contributed by atoms with E-state index in [1.54, 1.807) is 0 Å². The van der Waals surface area contributed by atoms with Gasteiger partial charge >= 0.3 is 0 Å². The number of halogens is 1. The first-order chi connectivity index (χ1) is 9.63. The van der Waals surface area contributed by atoms with Crippen LogP contribution in [-0.2, 0) is 4.74 Å². The van der Waals surface area contributed by atoms with Crippen LogP contribution in [0, 0.1) is 0 Å². The molecule has 20 heavy (non-hydrogen) atoms. The van der Waals surface area contributed by atoms with Crippen LogP contribution in [0.5, 0.6) is 0 Å². The predicted molar refractivity (Wildman–Crippen MR) is 72.9 cm³/mol. The molecule has 4 atom stereocenters. The number of hydrogen-bond acceptors (Lipinski definition) is 7. The molecule has 0 saturated carbocycles. The van der Waals surface area contributed by atoms with Crippen LogP contribution < -0.4 is 5.73 Å². The van der Waals surface area contributed by atoms with Crippen LogP contribution in [0.4, 0.5) is 10.2 Å². The van der Waals surface area contributed by atoms with Crippen LogP contribution in [0.1, 0.15) is 6.23 Å². The predicted octanol–water partition coefficient (Wildman–Crippen LogP) is 0.368. The maximum absolute atomic E-state index is 14.2. The van der Waals surface area contributed by atoms with E-state index in [0.717, 1.165) is 0 Å². The number of aliphatic hydroxyl groups is 1. The van der Waals surface area contributed by atoms with Gasteiger partial charge in [-0.25, -0.2) is 19.3 Å². The lowest BCUT2D eigenvalue weighted by atomic mass is 10.2. The Balaban J connectivity index is 1.97. The monoisotopic (exact) mass is 299 g/mol. The molecule has 0 radical (unpaired) electrons. The summed E-state index contributed by atoms with van der Waals surface area (Å²) in [4.78, 5) is 12.0. The van der Waals surface area contributed by atoms with Gasteiger partial charge in [0.25, 0.3) is 0 Å². The van der Waals surface area contributed by atoms with Crippen molar-refractivity contribution in [3.63, 3.8) is 0 Å². The van der Waals surface area contributed by atoms with Crippen LogP contribution in [0.15, 0.2) is 12.7 Å². The van der Waals surface area contributed by atoms with E-state index in [9.17, 15) is 9.50 Å². The second-order valence-electron chi connectivity index (χ2n) is 4.54. The second kappa shape index (κ2) is 5.15. The van der Waals surface area contributed by atoms with Gasteiger partial charge in [0.1, 0.15) is 17.9 Å². The highest BCUT2D eigenvalue weighted by atomic mass is 32.2. The molecule has 108 valence electrons. The van der Waals surface area contributed by atoms with E-state index in [1.165, 1.54) is 29.0 Å². The molecule has 1 saturated heterocycles. The Morgan fingerprint density at radius 2 is 2.30 bits per heavy atom. The molecule has 9 heteroatoms. The van der Waals surface area contributed by atoms with Crippen molar-refractivity contribution >= 4 is 28.7 Å². The van der Waals surface area contributed by atoms with Gasteiger partial charge < -0.3 is 15.6 Å². The van der Waals surface area contributed by atoms with Crippen LogP contribution in [0.3, 0.4) is 0 Å². The third-order valence-corrected chi connectivity index (χ3v) is 3.95.